The summed E-state index contributed by atoms with van der Waals surface area (Å²) in [7, 11) is 0. The van der Waals surface area contributed by atoms with Gasteiger partial charge in [-0.3, -0.25) is 0 Å². The Kier molecular flexibility index (Phi) is 1.64. The van der Waals surface area contributed by atoms with Gasteiger partial charge in [0.2, 0.25) is 0 Å². The molecular formula is C9H15NO. The van der Waals surface area contributed by atoms with Gasteiger partial charge in [0.05, 0.1) is 0 Å². The number of nitrogens with one attached hydrogen (secondary N) is 1. The van der Waals surface area contributed by atoms with Crippen LogP contribution in [0.4, 0.5) is 0 Å². The second-order valence-corrected chi connectivity index (χ2v) is 3.67. The van der Waals surface area contributed by atoms with Crippen molar-refractivity contribution in [2.75, 3.05) is 0 Å². The molecule has 1 heterocycles. The van der Waals surface area contributed by atoms with E-state index in [0.29, 0.717) is 11.8 Å². The summed E-state index contributed by atoms with van der Waals surface area (Å²) in [6, 6.07) is 0. The largest absolute Gasteiger partial charge is 0.374 e. The van der Waals surface area contributed by atoms with Gasteiger partial charge in [-0.1, -0.05) is 19.4 Å². The summed E-state index contributed by atoms with van der Waals surface area (Å²) in [5.41, 5.74) is 1.06. The van der Waals surface area contributed by atoms with Gasteiger partial charge in [-0.05, 0) is 12.8 Å². The molecule has 2 N–H and O–H groups in total. The summed E-state index contributed by atoms with van der Waals surface area (Å²) in [5, 5.41) is 12.5. The number of fused-ring (bicyclic) bond motifs is 1. The van der Waals surface area contributed by atoms with E-state index in [0.717, 1.165) is 12.1 Å². The van der Waals surface area contributed by atoms with E-state index in [1.165, 1.54) is 19.3 Å². The maximum Gasteiger partial charge on any atom is 0.127 e. The van der Waals surface area contributed by atoms with Crippen LogP contribution in [0.1, 0.15) is 25.7 Å². The Morgan fingerprint density at radius 3 is 2.82 bits per heavy atom. The first-order valence-electron chi connectivity index (χ1n) is 4.42. The Labute approximate surface area is 67.3 Å². The number of allylic oxidation sites excluding steroid dienone is 1. The van der Waals surface area contributed by atoms with Crippen molar-refractivity contribution in [1.29, 1.82) is 0 Å². The highest BCUT2D eigenvalue weighted by Gasteiger charge is 2.38. The van der Waals surface area contributed by atoms with Gasteiger partial charge >= 0.3 is 0 Å². The summed E-state index contributed by atoms with van der Waals surface area (Å²) in [6.45, 7) is 3.92. The van der Waals surface area contributed by atoms with E-state index in [-0.39, 0.29) is 6.23 Å². The van der Waals surface area contributed by atoms with E-state index in [1.807, 2.05) is 0 Å². The normalized spacial score (nSPS) is 43.4. The molecule has 3 atom stereocenters. The van der Waals surface area contributed by atoms with Crippen LogP contribution >= 0.6 is 0 Å². The molecule has 0 aromatic heterocycles. The molecule has 2 nitrogen and oxygen atoms in total. The zero-order valence-corrected chi connectivity index (χ0v) is 6.71. The molecule has 2 heteroatoms. The Balaban J connectivity index is 2.13. The SMILES string of the molecule is C=C1NC(O)C2CCCCC12. The highest BCUT2D eigenvalue weighted by molar-refractivity contribution is 5.10. The molecule has 0 spiro atoms. The fourth-order valence-corrected chi connectivity index (χ4v) is 2.37. The minimum Gasteiger partial charge on any atom is -0.374 e. The fourth-order valence-electron chi connectivity index (χ4n) is 2.37. The van der Waals surface area contributed by atoms with Crippen molar-refractivity contribution < 1.29 is 5.11 Å². The standard InChI is InChI=1S/C9H15NO/c1-6-7-4-2-3-5-8(7)9(11)10-6/h7-11H,1-5H2. The van der Waals surface area contributed by atoms with Crippen molar-refractivity contribution in [3.05, 3.63) is 12.3 Å². The second kappa shape index (κ2) is 2.52. The number of hydrogen-bond acceptors (Lipinski definition) is 2. The van der Waals surface area contributed by atoms with Gasteiger partial charge in [-0.15, -0.1) is 0 Å². The molecule has 1 aliphatic heterocycles. The molecule has 62 valence electrons. The molecule has 0 aromatic carbocycles. The predicted molar refractivity (Wildman–Crippen MR) is 43.7 cm³/mol. The number of aliphatic hydroxyl groups is 1. The molecule has 1 saturated carbocycles. The average Bonchev–Trinajstić information content (AvgIpc) is 2.30. The monoisotopic (exact) mass is 153 g/mol. The summed E-state index contributed by atoms with van der Waals surface area (Å²) < 4.78 is 0. The number of aliphatic hydroxyl groups excluding tert-OH is 1. The van der Waals surface area contributed by atoms with Crippen molar-refractivity contribution in [3.63, 3.8) is 0 Å². The van der Waals surface area contributed by atoms with Crippen LogP contribution in [0, 0.1) is 11.8 Å². The third-order valence-corrected chi connectivity index (χ3v) is 3.01. The van der Waals surface area contributed by atoms with Gasteiger partial charge in [0.1, 0.15) is 6.23 Å². The van der Waals surface area contributed by atoms with Gasteiger partial charge in [-0.2, -0.15) is 0 Å². The van der Waals surface area contributed by atoms with Gasteiger partial charge < -0.3 is 10.4 Å². The fraction of sp³-hybridized carbons (Fsp3) is 0.778. The predicted octanol–water partition coefficient (Wildman–Crippen LogP) is 1.23. The lowest BCUT2D eigenvalue weighted by Gasteiger charge is -2.25. The molecule has 0 amide bonds. The molecule has 0 radical (unpaired) electrons. The highest BCUT2D eigenvalue weighted by atomic mass is 16.3. The Hall–Kier alpha value is -0.500. The van der Waals surface area contributed by atoms with E-state index in [2.05, 4.69) is 11.9 Å². The molecule has 0 bridgehead atoms. The van der Waals surface area contributed by atoms with Crippen molar-refractivity contribution in [3.8, 4) is 0 Å². The van der Waals surface area contributed by atoms with Gasteiger partial charge in [0.25, 0.3) is 0 Å². The Morgan fingerprint density at radius 2 is 2.09 bits per heavy atom. The number of hydrogen-bond donors (Lipinski definition) is 2. The molecule has 0 aromatic rings. The molecule has 3 unspecified atom stereocenters. The third-order valence-electron chi connectivity index (χ3n) is 3.01. The topological polar surface area (TPSA) is 32.3 Å². The van der Waals surface area contributed by atoms with Crippen molar-refractivity contribution in [1.82, 2.24) is 5.32 Å². The van der Waals surface area contributed by atoms with Crippen LogP contribution in [0.3, 0.4) is 0 Å². The first kappa shape index (κ1) is 7.17. The molecule has 1 aliphatic carbocycles. The maximum atomic E-state index is 9.52. The molecule has 1 saturated heterocycles. The minimum absolute atomic E-state index is 0.312. The van der Waals surface area contributed by atoms with Crippen molar-refractivity contribution in [2.24, 2.45) is 11.8 Å². The van der Waals surface area contributed by atoms with Crippen LogP contribution in [0.25, 0.3) is 0 Å². The van der Waals surface area contributed by atoms with E-state index < -0.39 is 0 Å². The second-order valence-electron chi connectivity index (χ2n) is 3.67. The first-order valence-corrected chi connectivity index (χ1v) is 4.42. The smallest absolute Gasteiger partial charge is 0.127 e. The van der Waals surface area contributed by atoms with E-state index in [1.54, 1.807) is 0 Å². The Bertz CT molecular complexity index is 178. The molecule has 11 heavy (non-hydrogen) atoms. The van der Waals surface area contributed by atoms with Gasteiger partial charge in [-0.25, -0.2) is 0 Å². The van der Waals surface area contributed by atoms with Crippen LogP contribution in [0.15, 0.2) is 12.3 Å². The van der Waals surface area contributed by atoms with Crippen molar-refractivity contribution in [2.45, 2.75) is 31.9 Å². The first-order chi connectivity index (χ1) is 5.29. The Morgan fingerprint density at radius 1 is 1.36 bits per heavy atom. The zero-order valence-electron chi connectivity index (χ0n) is 6.71. The van der Waals surface area contributed by atoms with E-state index in [9.17, 15) is 5.11 Å². The van der Waals surface area contributed by atoms with Gasteiger partial charge in [0.15, 0.2) is 0 Å². The number of rotatable bonds is 0. The minimum atomic E-state index is -0.312. The van der Waals surface area contributed by atoms with Crippen LogP contribution in [0.2, 0.25) is 0 Å². The third kappa shape index (κ3) is 1.06. The maximum absolute atomic E-state index is 9.52. The quantitative estimate of drug-likeness (QED) is 0.548. The summed E-state index contributed by atoms with van der Waals surface area (Å²) in [4.78, 5) is 0. The highest BCUT2D eigenvalue weighted by Crippen LogP contribution is 2.39. The summed E-state index contributed by atoms with van der Waals surface area (Å²) >= 11 is 0. The lowest BCUT2D eigenvalue weighted by atomic mass is 9.80. The molecule has 2 fully saturated rings. The summed E-state index contributed by atoms with van der Waals surface area (Å²) in [5.74, 6) is 1.01. The van der Waals surface area contributed by atoms with E-state index >= 15 is 0 Å². The van der Waals surface area contributed by atoms with Gasteiger partial charge in [0, 0.05) is 17.5 Å². The van der Waals surface area contributed by atoms with Crippen molar-refractivity contribution >= 4 is 0 Å². The molecule has 2 aliphatic rings. The lowest BCUT2D eigenvalue weighted by Crippen LogP contribution is -2.27. The molecule has 2 rings (SSSR count). The van der Waals surface area contributed by atoms with Crippen LogP contribution in [-0.4, -0.2) is 11.3 Å². The van der Waals surface area contributed by atoms with Crippen LogP contribution in [-0.2, 0) is 0 Å². The molecular weight excluding hydrogens is 138 g/mol. The lowest BCUT2D eigenvalue weighted by molar-refractivity contribution is 0.0827. The zero-order chi connectivity index (χ0) is 7.84. The van der Waals surface area contributed by atoms with E-state index in [4.69, 9.17) is 0 Å². The average molecular weight is 153 g/mol. The van der Waals surface area contributed by atoms with Crippen LogP contribution < -0.4 is 5.32 Å². The van der Waals surface area contributed by atoms with Crippen LogP contribution in [0.5, 0.6) is 0 Å². The summed E-state index contributed by atoms with van der Waals surface area (Å²) in [6.07, 6.45) is 4.64.